The highest BCUT2D eigenvalue weighted by Crippen LogP contribution is 2.38. The van der Waals surface area contributed by atoms with Crippen molar-refractivity contribution in [2.75, 3.05) is 0 Å². The number of fused-ring (bicyclic) bond motifs is 5. The fourth-order valence-electron chi connectivity index (χ4n) is 6.49. The SMILES string of the molecule is O=C(c1ccc2nc(-c3nc4cc5cc6oc(-c7nc8ccc(C(=O)c9c(F)c(F)c(F)c(F)c9F)cc8s7)nc6cc5cc4o3)sc2c1)c1c(F)c(F)c(F)c(F)c1F. The Morgan fingerprint density at radius 3 is 1.13 bits per heavy atom. The fourth-order valence-corrected chi connectivity index (χ4v) is 8.35. The van der Waals surface area contributed by atoms with Crippen LogP contribution in [0.3, 0.4) is 0 Å². The van der Waals surface area contributed by atoms with Crippen LogP contribution in [-0.2, 0) is 0 Å². The lowest BCUT2D eigenvalue weighted by atomic mass is 10.0. The molecule has 10 rings (SSSR count). The van der Waals surface area contributed by atoms with E-state index in [4.69, 9.17) is 8.83 Å². The van der Waals surface area contributed by atoms with Crippen molar-refractivity contribution in [3.63, 3.8) is 0 Å². The predicted molar refractivity (Wildman–Crippen MR) is 196 cm³/mol. The standard InChI is InChI=1S/C40H10F10N4O4S2/c41-25-23(26(42)30(46)33(49)29(25)45)35(55)11-1-3-15-21(9-11)59-39(53-15)37-51-17-5-13-8-20-18(6-14(13)7-19(17)57-37)52-38(58-20)40-54-16-4-2-12(10-22(16)60-40)36(56)24-27(43)31(47)34(50)32(48)28(24)44/h1-10H. The summed E-state index contributed by atoms with van der Waals surface area (Å²) in [7, 11) is 0. The Balaban J connectivity index is 0.943. The zero-order chi connectivity index (χ0) is 42.0. The minimum Gasteiger partial charge on any atom is -0.434 e. The molecule has 0 unspecified atom stereocenters. The summed E-state index contributed by atoms with van der Waals surface area (Å²) >= 11 is 1.98. The van der Waals surface area contributed by atoms with Crippen LogP contribution in [0, 0.1) is 58.2 Å². The van der Waals surface area contributed by atoms with Crippen LogP contribution in [0.15, 0.2) is 69.5 Å². The average Bonchev–Trinajstić information content (AvgIpc) is 4.05. The molecule has 0 atom stereocenters. The summed E-state index contributed by atoms with van der Waals surface area (Å²) < 4.78 is 152. The van der Waals surface area contributed by atoms with Gasteiger partial charge < -0.3 is 8.83 Å². The molecule has 0 aliphatic heterocycles. The van der Waals surface area contributed by atoms with Crippen molar-refractivity contribution < 1.29 is 62.3 Å². The normalized spacial score (nSPS) is 12.0. The van der Waals surface area contributed by atoms with Gasteiger partial charge in [-0.3, -0.25) is 9.59 Å². The highest BCUT2D eigenvalue weighted by molar-refractivity contribution is 7.22. The molecule has 0 aliphatic carbocycles. The van der Waals surface area contributed by atoms with Crippen molar-refractivity contribution in [3.05, 3.63) is 141 Å². The van der Waals surface area contributed by atoms with Crippen LogP contribution in [0.1, 0.15) is 31.8 Å². The van der Waals surface area contributed by atoms with Crippen LogP contribution in [0.5, 0.6) is 0 Å². The number of oxazole rings is 2. The van der Waals surface area contributed by atoms with Gasteiger partial charge in [0.1, 0.15) is 22.2 Å². The molecule has 0 fully saturated rings. The Hall–Kier alpha value is -7.06. The Kier molecular flexibility index (Phi) is 8.21. The fraction of sp³-hybridized carbons (Fsp3) is 0. The number of halogens is 10. The first-order valence-electron chi connectivity index (χ1n) is 16.8. The number of carbonyl (C=O) groups is 2. The third-order valence-corrected chi connectivity index (χ3v) is 11.4. The van der Waals surface area contributed by atoms with Gasteiger partial charge in [0.25, 0.3) is 11.8 Å². The number of carbonyl (C=O) groups excluding carboxylic acids is 2. The average molecular weight is 865 g/mol. The number of hydrogen-bond acceptors (Lipinski definition) is 10. The summed E-state index contributed by atoms with van der Waals surface area (Å²) in [4.78, 5) is 43.8. The smallest absolute Gasteiger partial charge is 0.256 e. The lowest BCUT2D eigenvalue weighted by molar-refractivity contribution is 0.102. The minimum absolute atomic E-state index is 0.0752. The molecule has 20 heteroatoms. The molecule has 10 aromatic rings. The van der Waals surface area contributed by atoms with Gasteiger partial charge in [-0.05, 0) is 71.4 Å². The van der Waals surface area contributed by atoms with Crippen LogP contribution in [0.25, 0.3) is 75.2 Å². The molecule has 0 aliphatic rings. The molecule has 0 amide bonds. The number of hydrogen-bond donors (Lipinski definition) is 0. The van der Waals surface area contributed by atoms with Crippen molar-refractivity contribution in [1.82, 2.24) is 19.9 Å². The van der Waals surface area contributed by atoms with E-state index in [1.807, 2.05) is 0 Å². The first kappa shape index (κ1) is 37.2. The Morgan fingerprint density at radius 1 is 0.417 bits per heavy atom. The van der Waals surface area contributed by atoms with Gasteiger partial charge in [0.05, 0.1) is 20.4 Å². The highest BCUT2D eigenvalue weighted by Gasteiger charge is 2.32. The number of thiazole rings is 2. The minimum atomic E-state index is -2.39. The summed E-state index contributed by atoms with van der Waals surface area (Å²) in [5.74, 6) is -25.5. The van der Waals surface area contributed by atoms with E-state index in [2.05, 4.69) is 19.9 Å². The molecule has 0 radical (unpaired) electrons. The quantitative estimate of drug-likeness (QED) is 0.0703. The van der Waals surface area contributed by atoms with Crippen molar-refractivity contribution in [2.45, 2.75) is 0 Å². The summed E-state index contributed by atoms with van der Waals surface area (Å²) in [5, 5.41) is 1.80. The first-order chi connectivity index (χ1) is 28.7. The van der Waals surface area contributed by atoms with Crippen LogP contribution in [0.2, 0.25) is 0 Å². The molecule has 60 heavy (non-hydrogen) atoms. The van der Waals surface area contributed by atoms with Gasteiger partial charge in [-0.25, -0.2) is 63.8 Å². The van der Waals surface area contributed by atoms with Gasteiger partial charge in [-0.2, -0.15) is 0 Å². The second-order valence-corrected chi connectivity index (χ2v) is 15.0. The van der Waals surface area contributed by atoms with Crippen LogP contribution < -0.4 is 0 Å². The van der Waals surface area contributed by atoms with Crippen molar-refractivity contribution in [3.8, 4) is 21.8 Å². The van der Waals surface area contributed by atoms with Gasteiger partial charge in [-0.1, -0.05) is 0 Å². The zero-order valence-electron chi connectivity index (χ0n) is 28.8. The van der Waals surface area contributed by atoms with Gasteiger partial charge in [0.2, 0.25) is 11.6 Å². The van der Waals surface area contributed by atoms with Gasteiger partial charge in [0, 0.05) is 11.1 Å². The number of benzene rings is 6. The van der Waals surface area contributed by atoms with E-state index < -0.39 is 80.9 Å². The van der Waals surface area contributed by atoms with Crippen LogP contribution >= 0.6 is 22.7 Å². The highest BCUT2D eigenvalue weighted by atomic mass is 32.1. The number of ketones is 2. The second kappa shape index (κ2) is 13.2. The molecule has 296 valence electrons. The monoisotopic (exact) mass is 864 g/mol. The van der Waals surface area contributed by atoms with E-state index in [-0.39, 0.29) is 32.9 Å². The molecular weight excluding hydrogens is 855 g/mol. The molecule has 0 bridgehead atoms. The lowest BCUT2D eigenvalue weighted by Crippen LogP contribution is -2.13. The Morgan fingerprint density at radius 2 is 0.767 bits per heavy atom. The predicted octanol–water partition coefficient (Wildman–Crippen LogP) is 11.5. The van der Waals surface area contributed by atoms with E-state index in [1.54, 1.807) is 24.3 Å². The molecule has 4 heterocycles. The maximum absolute atomic E-state index is 14.4. The van der Waals surface area contributed by atoms with Gasteiger partial charge in [0.15, 0.2) is 79.3 Å². The van der Waals surface area contributed by atoms with Gasteiger partial charge >= 0.3 is 0 Å². The number of nitrogens with zero attached hydrogens (tertiary/aromatic N) is 4. The first-order valence-corrected chi connectivity index (χ1v) is 18.4. The molecule has 0 saturated heterocycles. The third-order valence-electron chi connectivity index (χ3n) is 9.39. The molecule has 0 saturated carbocycles. The summed E-state index contributed by atoms with van der Waals surface area (Å²) in [6.45, 7) is 0. The molecule has 6 aromatic carbocycles. The largest absolute Gasteiger partial charge is 0.434 e. The van der Waals surface area contributed by atoms with Gasteiger partial charge in [-0.15, -0.1) is 22.7 Å². The van der Waals surface area contributed by atoms with Crippen molar-refractivity contribution >= 4 is 87.6 Å². The maximum atomic E-state index is 14.4. The third kappa shape index (κ3) is 5.58. The van der Waals surface area contributed by atoms with Crippen molar-refractivity contribution in [2.24, 2.45) is 0 Å². The maximum Gasteiger partial charge on any atom is 0.256 e. The summed E-state index contributed by atoms with van der Waals surface area (Å²) in [6, 6.07) is 14.1. The Bertz CT molecular complexity index is 3220. The topological polar surface area (TPSA) is 112 Å². The second-order valence-electron chi connectivity index (χ2n) is 13.0. The molecular formula is C40H10F10N4O4S2. The van der Waals surface area contributed by atoms with E-state index in [0.29, 0.717) is 53.4 Å². The summed E-state index contributed by atoms with van der Waals surface area (Å²) in [5.41, 5.74) is -1.77. The number of aromatic nitrogens is 4. The Labute approximate surface area is 332 Å². The van der Waals surface area contributed by atoms with E-state index in [9.17, 15) is 53.5 Å². The van der Waals surface area contributed by atoms with E-state index in [1.165, 1.54) is 24.3 Å². The summed E-state index contributed by atoms with van der Waals surface area (Å²) in [6.07, 6.45) is 0. The lowest BCUT2D eigenvalue weighted by Gasteiger charge is -2.07. The molecule has 8 nitrogen and oxygen atoms in total. The molecule has 0 N–H and O–H groups in total. The van der Waals surface area contributed by atoms with E-state index in [0.717, 1.165) is 34.8 Å². The van der Waals surface area contributed by atoms with E-state index >= 15 is 0 Å². The molecule has 4 aromatic heterocycles. The van der Waals surface area contributed by atoms with Crippen LogP contribution in [-0.4, -0.2) is 31.5 Å². The van der Waals surface area contributed by atoms with Crippen molar-refractivity contribution in [1.29, 1.82) is 0 Å². The zero-order valence-corrected chi connectivity index (χ0v) is 30.4. The van der Waals surface area contributed by atoms with Crippen LogP contribution in [0.4, 0.5) is 43.9 Å². The number of rotatable bonds is 6. The molecule has 0 spiro atoms.